The highest BCUT2D eigenvalue weighted by Crippen LogP contribution is 2.32. The number of imide groups is 1. The van der Waals surface area contributed by atoms with E-state index < -0.39 is 16.4 Å². The van der Waals surface area contributed by atoms with Gasteiger partial charge in [-0.05, 0) is 60.3 Å². The summed E-state index contributed by atoms with van der Waals surface area (Å²) in [5, 5.41) is 1.89. The number of ether oxygens (including phenoxy) is 1. The molecule has 23 heavy (non-hydrogen) atoms. The summed E-state index contributed by atoms with van der Waals surface area (Å²) in [5.41, 5.74) is 1.05. The fraction of sp³-hybridized carbons (Fsp3) is 0.125. The number of hydrogen-bond acceptors (Lipinski definition) is 5. The first-order chi connectivity index (χ1) is 11.1. The van der Waals surface area contributed by atoms with Crippen molar-refractivity contribution in [1.82, 2.24) is 0 Å². The number of carbonyl (C=O) groups is 2. The summed E-state index contributed by atoms with van der Waals surface area (Å²) in [4.78, 5) is 25.6. The van der Waals surface area contributed by atoms with Gasteiger partial charge in [-0.2, -0.15) is 0 Å². The molecule has 1 saturated heterocycles. The molecule has 1 aliphatic heterocycles. The summed E-state index contributed by atoms with van der Waals surface area (Å²) in [7, 11) is 1.57. The lowest BCUT2D eigenvalue weighted by molar-refractivity contribution is -0.116. The van der Waals surface area contributed by atoms with Crippen molar-refractivity contribution in [3.8, 4) is 5.75 Å². The van der Waals surface area contributed by atoms with Crippen LogP contribution >= 0.6 is 11.8 Å². The fourth-order valence-corrected chi connectivity index (χ4v) is 3.07. The molecule has 118 valence electrons. The van der Waals surface area contributed by atoms with Gasteiger partial charge in [-0.1, -0.05) is 0 Å². The number of amides is 2. The number of benzene rings is 2. The van der Waals surface area contributed by atoms with Crippen molar-refractivity contribution >= 4 is 34.3 Å². The van der Waals surface area contributed by atoms with E-state index in [-0.39, 0.29) is 5.91 Å². The van der Waals surface area contributed by atoms with Crippen molar-refractivity contribution in [3.05, 3.63) is 54.3 Å². The van der Waals surface area contributed by atoms with E-state index in [0.29, 0.717) is 17.1 Å². The lowest BCUT2D eigenvalue weighted by Gasteiger charge is -2.15. The van der Waals surface area contributed by atoms with Crippen LogP contribution in [0.15, 0.2) is 48.5 Å². The van der Waals surface area contributed by atoms with Crippen LogP contribution in [-0.2, 0) is 4.79 Å². The zero-order valence-electron chi connectivity index (χ0n) is 12.2. The number of nitrogens with zero attached hydrogens (tertiary/aromatic N) is 1. The average molecular weight is 332 g/mol. The topological polar surface area (TPSA) is 58.6 Å². The number of hydrogen-bond donors (Lipinski definition) is 1. The molecule has 2 aromatic carbocycles. The van der Waals surface area contributed by atoms with E-state index in [9.17, 15) is 14.0 Å². The Kier molecular flexibility index (Phi) is 4.20. The first kappa shape index (κ1) is 15.4. The van der Waals surface area contributed by atoms with Crippen molar-refractivity contribution in [2.45, 2.75) is 5.37 Å². The number of carbonyl (C=O) groups excluding carboxylic acids is 2. The summed E-state index contributed by atoms with van der Waals surface area (Å²) in [6.07, 6.45) is 0. The van der Waals surface area contributed by atoms with Crippen LogP contribution in [0.4, 0.5) is 20.6 Å². The molecule has 1 atom stereocenters. The number of halogens is 1. The Morgan fingerprint density at radius 1 is 1.09 bits per heavy atom. The molecular formula is C16H13FN2O3S. The molecular weight excluding hydrogens is 319 g/mol. The molecule has 0 bridgehead atoms. The van der Waals surface area contributed by atoms with Gasteiger partial charge in [-0.25, -0.2) is 9.29 Å². The maximum absolute atomic E-state index is 13.0. The van der Waals surface area contributed by atoms with E-state index in [1.54, 1.807) is 31.4 Å². The van der Waals surface area contributed by atoms with Gasteiger partial charge in [0.2, 0.25) is 0 Å². The second-order valence-electron chi connectivity index (χ2n) is 4.79. The highest BCUT2D eigenvalue weighted by molar-refractivity contribution is 8.16. The van der Waals surface area contributed by atoms with Crippen molar-refractivity contribution in [1.29, 1.82) is 0 Å². The Hall–Kier alpha value is -2.54. The second-order valence-corrected chi connectivity index (χ2v) is 5.84. The molecule has 5 nitrogen and oxygen atoms in total. The van der Waals surface area contributed by atoms with Crippen molar-refractivity contribution in [3.63, 3.8) is 0 Å². The third kappa shape index (κ3) is 3.14. The number of nitrogens with one attached hydrogen (secondary N) is 1. The maximum Gasteiger partial charge on any atom is 0.295 e. The van der Waals surface area contributed by atoms with Crippen LogP contribution in [0.1, 0.15) is 0 Å². The summed E-state index contributed by atoms with van der Waals surface area (Å²) in [6, 6.07) is 12.3. The number of anilines is 2. The van der Waals surface area contributed by atoms with Gasteiger partial charge in [-0.15, -0.1) is 0 Å². The molecule has 1 aliphatic rings. The zero-order valence-corrected chi connectivity index (χ0v) is 13.0. The van der Waals surface area contributed by atoms with Gasteiger partial charge in [0.1, 0.15) is 11.6 Å². The Labute approximate surface area is 136 Å². The minimum absolute atomic E-state index is 0.355. The highest BCUT2D eigenvalue weighted by Gasteiger charge is 2.40. The van der Waals surface area contributed by atoms with Crippen LogP contribution in [-0.4, -0.2) is 23.6 Å². The van der Waals surface area contributed by atoms with Crippen LogP contribution in [0.3, 0.4) is 0 Å². The van der Waals surface area contributed by atoms with Gasteiger partial charge in [0.25, 0.3) is 11.1 Å². The molecule has 1 heterocycles. The van der Waals surface area contributed by atoms with Gasteiger partial charge in [-0.3, -0.25) is 9.59 Å². The smallest absolute Gasteiger partial charge is 0.295 e. The molecule has 2 amide bonds. The quantitative estimate of drug-likeness (QED) is 0.929. The fourth-order valence-electron chi connectivity index (χ4n) is 2.16. The van der Waals surface area contributed by atoms with E-state index in [2.05, 4.69) is 5.32 Å². The standard InChI is InChI=1S/C16H13FN2O3S/c1-22-13-8-4-11(5-9-13)18-14-15(20)19(16(21)23-14)12-6-2-10(17)3-7-12/h2-9,14,18H,1H3/t14-/m1/s1. The summed E-state index contributed by atoms with van der Waals surface area (Å²) in [5.74, 6) is -0.110. The molecule has 0 aliphatic carbocycles. The minimum atomic E-state index is -0.721. The van der Waals surface area contributed by atoms with E-state index in [0.717, 1.165) is 16.7 Å². The largest absolute Gasteiger partial charge is 0.497 e. The predicted molar refractivity (Wildman–Crippen MR) is 87.3 cm³/mol. The van der Waals surface area contributed by atoms with E-state index >= 15 is 0 Å². The number of thioether (sulfide) groups is 1. The summed E-state index contributed by atoms with van der Waals surface area (Å²) in [6.45, 7) is 0. The Morgan fingerprint density at radius 3 is 2.35 bits per heavy atom. The van der Waals surface area contributed by atoms with Gasteiger partial charge >= 0.3 is 0 Å². The average Bonchev–Trinajstić information content (AvgIpc) is 2.83. The van der Waals surface area contributed by atoms with Crippen LogP contribution < -0.4 is 15.0 Å². The van der Waals surface area contributed by atoms with E-state index in [4.69, 9.17) is 4.74 Å². The van der Waals surface area contributed by atoms with Crippen molar-refractivity contribution < 1.29 is 18.7 Å². The normalized spacial score (nSPS) is 17.5. The summed E-state index contributed by atoms with van der Waals surface area (Å²) >= 11 is 0.887. The monoisotopic (exact) mass is 332 g/mol. The SMILES string of the molecule is COc1ccc(N[C@@H]2SC(=O)N(c3ccc(F)cc3)C2=O)cc1. The zero-order chi connectivity index (χ0) is 16.4. The van der Waals surface area contributed by atoms with Crippen molar-refractivity contribution in [2.24, 2.45) is 0 Å². The number of methoxy groups -OCH3 is 1. The maximum atomic E-state index is 13.0. The van der Waals surface area contributed by atoms with E-state index in [1.165, 1.54) is 24.3 Å². The Bertz CT molecular complexity index is 734. The van der Waals surface area contributed by atoms with Crippen LogP contribution in [0.25, 0.3) is 0 Å². The van der Waals surface area contributed by atoms with E-state index in [1.807, 2.05) is 0 Å². The first-order valence-electron chi connectivity index (χ1n) is 6.79. The molecule has 0 spiro atoms. The second kappa shape index (κ2) is 6.29. The molecule has 0 radical (unpaired) electrons. The number of rotatable bonds is 4. The Balaban J connectivity index is 1.76. The molecule has 1 fully saturated rings. The lowest BCUT2D eigenvalue weighted by Crippen LogP contribution is -2.34. The van der Waals surface area contributed by atoms with Gasteiger partial charge in [0.05, 0.1) is 12.8 Å². The molecule has 0 aromatic heterocycles. The Morgan fingerprint density at radius 2 is 1.74 bits per heavy atom. The first-order valence-corrected chi connectivity index (χ1v) is 7.67. The molecule has 3 rings (SSSR count). The molecule has 1 N–H and O–H groups in total. The third-order valence-corrected chi connectivity index (χ3v) is 4.26. The lowest BCUT2D eigenvalue weighted by atomic mass is 10.2. The molecule has 0 saturated carbocycles. The highest BCUT2D eigenvalue weighted by atomic mass is 32.2. The van der Waals surface area contributed by atoms with Gasteiger partial charge in [0, 0.05) is 5.69 Å². The molecule has 7 heteroatoms. The third-order valence-electron chi connectivity index (χ3n) is 3.32. The molecule has 0 unspecified atom stereocenters. The van der Waals surface area contributed by atoms with Crippen LogP contribution in [0.5, 0.6) is 5.75 Å². The predicted octanol–water partition coefficient (Wildman–Crippen LogP) is 3.47. The van der Waals surface area contributed by atoms with Crippen LogP contribution in [0, 0.1) is 5.82 Å². The molecule has 2 aromatic rings. The van der Waals surface area contributed by atoms with Crippen molar-refractivity contribution in [2.75, 3.05) is 17.3 Å². The van der Waals surface area contributed by atoms with Gasteiger partial charge in [0.15, 0.2) is 5.37 Å². The minimum Gasteiger partial charge on any atom is -0.497 e. The van der Waals surface area contributed by atoms with Crippen LogP contribution in [0.2, 0.25) is 0 Å². The van der Waals surface area contributed by atoms with Gasteiger partial charge < -0.3 is 10.1 Å². The summed E-state index contributed by atoms with van der Waals surface area (Å²) < 4.78 is 18.0.